The Bertz CT molecular complexity index is 894. The quantitative estimate of drug-likeness (QED) is 0.603. The van der Waals surface area contributed by atoms with Gasteiger partial charge in [-0.15, -0.1) is 11.8 Å². The van der Waals surface area contributed by atoms with Crippen molar-refractivity contribution in [2.24, 2.45) is 17.8 Å². The number of anilines is 1. The van der Waals surface area contributed by atoms with E-state index >= 15 is 0 Å². The van der Waals surface area contributed by atoms with Gasteiger partial charge in [-0.2, -0.15) is 0 Å². The van der Waals surface area contributed by atoms with Crippen molar-refractivity contribution in [3.8, 4) is 5.75 Å². The molecule has 3 aliphatic heterocycles. The number of methoxy groups -OCH3 is 1. The highest BCUT2D eigenvalue weighted by Crippen LogP contribution is 2.68. The number of hydrogen-bond acceptors (Lipinski definition) is 6. The van der Waals surface area contributed by atoms with Crippen molar-refractivity contribution in [3.05, 3.63) is 24.3 Å². The number of nitrogens with one attached hydrogen (secondary N) is 2. The first-order chi connectivity index (χ1) is 14.8. The first-order valence-corrected chi connectivity index (χ1v) is 11.4. The van der Waals surface area contributed by atoms with Crippen LogP contribution in [0, 0.1) is 17.8 Å². The number of benzene rings is 1. The Morgan fingerprint density at radius 2 is 2.00 bits per heavy atom. The third-order valence-corrected chi connectivity index (χ3v) is 9.15. The van der Waals surface area contributed by atoms with Crippen molar-refractivity contribution in [2.45, 2.75) is 42.3 Å². The largest absolute Gasteiger partial charge is 0.497 e. The van der Waals surface area contributed by atoms with Gasteiger partial charge in [0.15, 0.2) is 0 Å². The molecule has 8 nitrogen and oxygen atoms in total. The molecular formula is C22H29N3O5S. The predicted molar refractivity (Wildman–Crippen MR) is 118 cm³/mol. The van der Waals surface area contributed by atoms with E-state index in [1.807, 2.05) is 0 Å². The van der Waals surface area contributed by atoms with Gasteiger partial charge in [0.2, 0.25) is 17.7 Å². The Kier molecular flexibility index (Phi) is 5.68. The SMILES string of the molecule is CNC(=O)[C@@H]1[C@H]2C(=O)N([C@H](C)CO)C(C(=O)Nc3ccc(OC)cc3)C23S[C@@H]1CC3C. The molecule has 3 heterocycles. The number of carbonyl (C=O) groups is 3. The molecule has 3 unspecified atom stereocenters. The Hall–Kier alpha value is -2.26. The number of ether oxygens (including phenoxy) is 1. The molecule has 168 valence electrons. The molecule has 9 heteroatoms. The van der Waals surface area contributed by atoms with Crippen LogP contribution in [0.15, 0.2) is 24.3 Å². The van der Waals surface area contributed by atoms with E-state index in [9.17, 15) is 19.5 Å². The molecule has 3 N–H and O–H groups in total. The maximum Gasteiger partial charge on any atom is 0.248 e. The van der Waals surface area contributed by atoms with Gasteiger partial charge in [0.25, 0.3) is 0 Å². The van der Waals surface area contributed by atoms with Crippen molar-refractivity contribution in [3.63, 3.8) is 0 Å². The Labute approximate surface area is 186 Å². The van der Waals surface area contributed by atoms with Crippen LogP contribution < -0.4 is 15.4 Å². The van der Waals surface area contributed by atoms with E-state index in [4.69, 9.17) is 4.74 Å². The smallest absolute Gasteiger partial charge is 0.248 e. The van der Waals surface area contributed by atoms with Crippen LogP contribution in [0.25, 0.3) is 0 Å². The second kappa shape index (κ2) is 8.02. The molecular weight excluding hydrogens is 418 g/mol. The third-order valence-electron chi connectivity index (χ3n) is 7.08. The normalized spacial score (nSPS) is 34.4. The third kappa shape index (κ3) is 3.12. The van der Waals surface area contributed by atoms with Crippen LogP contribution in [0.5, 0.6) is 5.75 Å². The van der Waals surface area contributed by atoms with Crippen molar-refractivity contribution in [2.75, 3.05) is 26.1 Å². The molecule has 3 saturated heterocycles. The maximum absolute atomic E-state index is 13.6. The maximum atomic E-state index is 13.6. The molecule has 3 amide bonds. The predicted octanol–water partition coefficient (Wildman–Crippen LogP) is 1.10. The number of rotatable bonds is 6. The van der Waals surface area contributed by atoms with Crippen LogP contribution in [0.3, 0.4) is 0 Å². The summed E-state index contributed by atoms with van der Waals surface area (Å²) in [6, 6.07) is 5.71. The van der Waals surface area contributed by atoms with Gasteiger partial charge in [-0.3, -0.25) is 14.4 Å². The summed E-state index contributed by atoms with van der Waals surface area (Å²) in [5.74, 6) is -0.948. The van der Waals surface area contributed by atoms with E-state index in [0.29, 0.717) is 11.4 Å². The van der Waals surface area contributed by atoms with Gasteiger partial charge in [0.1, 0.15) is 11.8 Å². The van der Waals surface area contributed by atoms with Gasteiger partial charge >= 0.3 is 0 Å². The molecule has 3 aliphatic rings. The molecule has 0 radical (unpaired) electrons. The summed E-state index contributed by atoms with van der Waals surface area (Å²) in [7, 11) is 3.15. The summed E-state index contributed by atoms with van der Waals surface area (Å²) in [4.78, 5) is 41.5. The van der Waals surface area contributed by atoms with Gasteiger partial charge in [0.05, 0.1) is 36.3 Å². The number of thioether (sulfide) groups is 1. The molecule has 1 spiro atoms. The van der Waals surface area contributed by atoms with Gasteiger partial charge in [-0.05, 0) is 43.5 Å². The fourth-order valence-electron chi connectivity index (χ4n) is 5.67. The van der Waals surface area contributed by atoms with Crippen molar-refractivity contribution < 1.29 is 24.2 Å². The van der Waals surface area contributed by atoms with Crippen molar-refractivity contribution >= 4 is 35.2 Å². The van der Waals surface area contributed by atoms with E-state index in [1.165, 1.54) is 4.90 Å². The molecule has 1 aromatic rings. The lowest BCUT2D eigenvalue weighted by Crippen LogP contribution is -2.56. The van der Waals surface area contributed by atoms with E-state index in [1.54, 1.807) is 57.1 Å². The van der Waals surface area contributed by atoms with Crippen LogP contribution in [-0.4, -0.2) is 70.6 Å². The lowest BCUT2D eigenvalue weighted by atomic mass is 9.66. The molecule has 2 bridgehead atoms. The monoisotopic (exact) mass is 447 g/mol. The van der Waals surface area contributed by atoms with Crippen LogP contribution in [0.2, 0.25) is 0 Å². The summed E-state index contributed by atoms with van der Waals surface area (Å²) < 4.78 is 4.48. The number of likely N-dealkylation sites (tertiary alicyclic amines) is 1. The summed E-state index contributed by atoms with van der Waals surface area (Å²) >= 11 is 1.61. The zero-order chi connectivity index (χ0) is 22.5. The summed E-state index contributed by atoms with van der Waals surface area (Å²) in [6.07, 6.45) is 0.778. The highest BCUT2D eigenvalue weighted by molar-refractivity contribution is 8.02. The lowest BCUT2D eigenvalue weighted by Gasteiger charge is -2.39. The number of carbonyl (C=O) groups excluding carboxylic acids is 3. The van der Waals surface area contributed by atoms with Crippen molar-refractivity contribution in [1.29, 1.82) is 0 Å². The van der Waals surface area contributed by atoms with Gasteiger partial charge in [-0.1, -0.05) is 6.92 Å². The highest BCUT2D eigenvalue weighted by Gasteiger charge is 2.76. The van der Waals surface area contributed by atoms with Gasteiger partial charge < -0.3 is 25.4 Å². The standard InChI is InChI=1S/C22H29N3O5S/c1-11-9-15-16(19(27)23-3)17-21(29)25(12(2)10-26)18(22(11,17)31-15)20(28)24-13-5-7-14(30-4)8-6-13/h5-8,11-12,15-18,26H,9-10H2,1-4H3,(H,23,27)(H,24,28)/t11?,12-,15-,16+,17+,18?,22?/m1/s1. The minimum Gasteiger partial charge on any atom is -0.497 e. The van der Waals surface area contributed by atoms with Crippen molar-refractivity contribution in [1.82, 2.24) is 10.2 Å². The van der Waals surface area contributed by atoms with E-state index < -0.39 is 28.7 Å². The number of aliphatic hydroxyl groups is 1. The number of hydrogen-bond donors (Lipinski definition) is 3. The van der Waals surface area contributed by atoms with Crippen LogP contribution in [0.4, 0.5) is 5.69 Å². The molecule has 31 heavy (non-hydrogen) atoms. The first-order valence-electron chi connectivity index (χ1n) is 10.6. The number of fused-ring (bicyclic) bond motifs is 1. The van der Waals surface area contributed by atoms with E-state index in [-0.39, 0.29) is 35.5 Å². The molecule has 1 aromatic carbocycles. The minimum absolute atomic E-state index is 0.00627. The lowest BCUT2D eigenvalue weighted by molar-refractivity contribution is -0.141. The average Bonchev–Trinajstić information content (AvgIpc) is 3.36. The summed E-state index contributed by atoms with van der Waals surface area (Å²) in [6.45, 7) is 3.54. The summed E-state index contributed by atoms with van der Waals surface area (Å²) in [5, 5.41) is 15.5. The Balaban J connectivity index is 1.73. The molecule has 0 saturated carbocycles. The van der Waals surface area contributed by atoms with Gasteiger partial charge in [-0.25, -0.2) is 0 Å². The van der Waals surface area contributed by atoms with E-state index in [2.05, 4.69) is 17.6 Å². The minimum atomic E-state index is -0.770. The highest BCUT2D eigenvalue weighted by atomic mass is 32.2. The fraction of sp³-hybridized carbons (Fsp3) is 0.591. The van der Waals surface area contributed by atoms with Crippen LogP contribution >= 0.6 is 11.8 Å². The zero-order valence-corrected chi connectivity index (χ0v) is 18.9. The second-order valence-corrected chi connectivity index (χ2v) is 10.2. The molecule has 7 atom stereocenters. The topological polar surface area (TPSA) is 108 Å². The molecule has 0 aliphatic carbocycles. The Morgan fingerprint density at radius 1 is 1.32 bits per heavy atom. The Morgan fingerprint density at radius 3 is 2.58 bits per heavy atom. The van der Waals surface area contributed by atoms with Crippen LogP contribution in [-0.2, 0) is 14.4 Å². The molecule has 3 fully saturated rings. The first kappa shape index (κ1) is 22.0. The second-order valence-electron chi connectivity index (χ2n) is 8.66. The van der Waals surface area contributed by atoms with E-state index in [0.717, 1.165) is 6.42 Å². The number of aliphatic hydroxyl groups excluding tert-OH is 1. The fourth-order valence-corrected chi connectivity index (χ4v) is 8.08. The molecule has 4 rings (SSSR count). The summed E-state index contributed by atoms with van der Waals surface area (Å²) in [5.41, 5.74) is 0.600. The zero-order valence-electron chi connectivity index (χ0n) is 18.1. The average molecular weight is 448 g/mol. The number of nitrogens with zero attached hydrogens (tertiary/aromatic N) is 1. The molecule has 0 aromatic heterocycles. The van der Waals surface area contributed by atoms with Gasteiger partial charge in [0, 0.05) is 18.0 Å². The number of amides is 3. The van der Waals surface area contributed by atoms with Crippen LogP contribution in [0.1, 0.15) is 20.3 Å².